The van der Waals surface area contributed by atoms with Crippen LogP contribution < -0.4 is 24.7 Å². The molecule has 4 unspecified atom stereocenters. The molecular weight excluding hydrogens is 588 g/mol. The first-order valence-corrected chi connectivity index (χ1v) is 15.5. The van der Waals surface area contributed by atoms with E-state index in [1.165, 1.54) is 25.8 Å². The third-order valence-corrected chi connectivity index (χ3v) is 11.0. The van der Waals surface area contributed by atoms with Gasteiger partial charge in [0.25, 0.3) is 0 Å². The highest BCUT2D eigenvalue weighted by molar-refractivity contribution is 7.99. The van der Waals surface area contributed by atoms with Crippen LogP contribution in [0.15, 0.2) is 6.07 Å². The van der Waals surface area contributed by atoms with Crippen molar-refractivity contribution in [1.82, 2.24) is 9.80 Å². The number of fused-ring (bicyclic) bond motifs is 6. The molecule has 8 rings (SSSR count). The molecule has 6 heterocycles. The number of piperazine rings is 1. The highest BCUT2D eigenvalue weighted by atomic mass is 32.2. The zero-order valence-electron chi connectivity index (χ0n) is 25.1. The second-order valence-corrected chi connectivity index (χ2v) is 13.3. The zero-order valence-corrected chi connectivity index (χ0v) is 25.9. The molecule has 0 spiro atoms. The third-order valence-electron chi connectivity index (χ3n) is 9.61. The monoisotopic (exact) mass is 622 g/mol. The lowest BCUT2D eigenvalue weighted by Gasteiger charge is -2.60. The number of phenols is 1. The average Bonchev–Trinajstić information content (AvgIpc) is 3.38. The standard InChI is InChI=1S/C31H34N4O8S/c1-13-6-16-7-31(10-32)11-34(4)22(19(16)24(37)25(13)39-5)23-29-21-20(18(35(23)31)8-40-30(38)17(33)9-44-29)28-27(41-12-42-28)14(2)26(21)43-15(3)36/h6,17-18,22-23,29,37H,7-9,11-12,33H2,1-5H3/t17?,18-,22-,23?,29+,31?/m0/s1. The van der Waals surface area contributed by atoms with E-state index in [9.17, 15) is 20.0 Å². The first-order valence-electron chi connectivity index (χ1n) is 14.5. The number of benzene rings is 2. The highest BCUT2D eigenvalue weighted by Gasteiger charge is 2.63. The second-order valence-electron chi connectivity index (χ2n) is 12.2. The van der Waals surface area contributed by atoms with Crippen molar-refractivity contribution in [3.05, 3.63) is 39.4 Å². The predicted octanol–water partition coefficient (Wildman–Crippen LogP) is 2.56. The van der Waals surface area contributed by atoms with Crippen LogP contribution in [0, 0.1) is 25.2 Å². The number of esters is 2. The number of rotatable bonds is 2. The van der Waals surface area contributed by atoms with Crippen molar-refractivity contribution in [1.29, 1.82) is 5.26 Å². The molecule has 2 fully saturated rings. The van der Waals surface area contributed by atoms with Crippen molar-refractivity contribution in [2.75, 3.05) is 39.9 Å². The number of methoxy groups -OCH3 is 1. The number of nitrogens with zero attached hydrogens (tertiary/aromatic N) is 3. The van der Waals surface area contributed by atoms with Crippen LogP contribution in [0.3, 0.4) is 0 Å². The van der Waals surface area contributed by atoms with Gasteiger partial charge in [-0.2, -0.15) is 5.26 Å². The fraction of sp³-hybridized carbons (Fsp3) is 0.516. The molecule has 6 aliphatic heterocycles. The number of hydrogen-bond donors (Lipinski definition) is 2. The lowest BCUT2D eigenvalue weighted by atomic mass is 9.76. The summed E-state index contributed by atoms with van der Waals surface area (Å²) in [6.45, 7) is 5.26. The number of likely N-dealkylation sites (N-methyl/N-ethyl adjacent to an activating group) is 1. The number of cyclic esters (lactones) is 1. The molecule has 6 aliphatic rings. The molecule has 0 aromatic heterocycles. The summed E-state index contributed by atoms with van der Waals surface area (Å²) in [5, 5.41) is 22.4. The van der Waals surface area contributed by atoms with E-state index in [1.807, 2.05) is 27.0 Å². The zero-order chi connectivity index (χ0) is 31.2. The van der Waals surface area contributed by atoms with Crippen molar-refractivity contribution in [2.45, 2.75) is 62.1 Å². The van der Waals surface area contributed by atoms with Gasteiger partial charge in [0.05, 0.1) is 30.5 Å². The molecule has 232 valence electrons. The summed E-state index contributed by atoms with van der Waals surface area (Å²) < 4.78 is 29.5. The summed E-state index contributed by atoms with van der Waals surface area (Å²) >= 11 is 1.44. The molecule has 4 bridgehead atoms. The highest BCUT2D eigenvalue weighted by Crippen LogP contribution is 2.65. The Kier molecular flexibility index (Phi) is 6.71. The number of carbonyl (C=O) groups is 2. The Morgan fingerprint density at radius 2 is 1.95 bits per heavy atom. The van der Waals surface area contributed by atoms with Gasteiger partial charge >= 0.3 is 11.9 Å². The Morgan fingerprint density at radius 1 is 1.20 bits per heavy atom. The van der Waals surface area contributed by atoms with Gasteiger partial charge in [0, 0.05) is 53.9 Å². The lowest BCUT2D eigenvalue weighted by molar-refractivity contribution is -0.151. The first kappa shape index (κ1) is 29.0. The summed E-state index contributed by atoms with van der Waals surface area (Å²) in [7, 11) is 3.48. The van der Waals surface area contributed by atoms with E-state index in [4.69, 9.17) is 29.4 Å². The van der Waals surface area contributed by atoms with Gasteiger partial charge in [-0.1, -0.05) is 6.07 Å². The van der Waals surface area contributed by atoms with Gasteiger partial charge in [0.15, 0.2) is 23.0 Å². The number of ether oxygens (including phenoxy) is 5. The SMILES string of the molecule is COc1c(C)cc2c(c1O)[C@H]1C3[C@@H]4SCC(N)C(=O)OC[C@@H](c5c6c(c(C)c(OC(C)=O)c54)OCO6)N3C(C#N)(C2)CN1C. The Hall–Kier alpha value is -3.70. The van der Waals surface area contributed by atoms with E-state index >= 15 is 0 Å². The number of aromatic hydroxyl groups is 1. The number of aryl methyl sites for hydroxylation is 1. The van der Waals surface area contributed by atoms with Gasteiger partial charge < -0.3 is 34.5 Å². The number of nitriles is 1. The van der Waals surface area contributed by atoms with E-state index in [-0.39, 0.29) is 24.9 Å². The van der Waals surface area contributed by atoms with Gasteiger partial charge in [-0.3, -0.25) is 19.4 Å². The maximum atomic E-state index is 13.0. The van der Waals surface area contributed by atoms with E-state index in [0.717, 1.165) is 16.7 Å². The molecule has 3 N–H and O–H groups in total. The summed E-state index contributed by atoms with van der Waals surface area (Å²) in [5.41, 5.74) is 9.52. The van der Waals surface area contributed by atoms with E-state index in [2.05, 4.69) is 15.9 Å². The van der Waals surface area contributed by atoms with Gasteiger partial charge in [-0.05, 0) is 32.0 Å². The number of hydrogen-bond acceptors (Lipinski definition) is 13. The number of thioether (sulfide) groups is 1. The van der Waals surface area contributed by atoms with Gasteiger partial charge in [0.1, 0.15) is 23.9 Å². The Bertz CT molecular complexity index is 1660. The maximum Gasteiger partial charge on any atom is 0.323 e. The van der Waals surface area contributed by atoms with Crippen LogP contribution in [0.5, 0.6) is 28.7 Å². The molecule has 2 aromatic rings. The minimum Gasteiger partial charge on any atom is -0.504 e. The van der Waals surface area contributed by atoms with Gasteiger partial charge in [-0.25, -0.2) is 0 Å². The van der Waals surface area contributed by atoms with Crippen LogP contribution in [0.2, 0.25) is 0 Å². The van der Waals surface area contributed by atoms with Gasteiger partial charge in [0.2, 0.25) is 6.79 Å². The maximum absolute atomic E-state index is 13.0. The number of phenolic OH excluding ortho intramolecular Hbond substituents is 1. The van der Waals surface area contributed by atoms with Crippen LogP contribution in [-0.4, -0.2) is 84.3 Å². The summed E-state index contributed by atoms with van der Waals surface area (Å²) in [6, 6.07) is 2.22. The predicted molar refractivity (Wildman–Crippen MR) is 158 cm³/mol. The minimum absolute atomic E-state index is 0.0299. The smallest absolute Gasteiger partial charge is 0.323 e. The van der Waals surface area contributed by atoms with Crippen LogP contribution in [0.1, 0.15) is 57.6 Å². The molecule has 2 aromatic carbocycles. The molecule has 0 radical (unpaired) electrons. The molecule has 2 saturated heterocycles. The summed E-state index contributed by atoms with van der Waals surface area (Å²) in [6.07, 6.45) is 0.313. The lowest BCUT2D eigenvalue weighted by Crippen LogP contribution is -2.69. The minimum atomic E-state index is -1.09. The topological polar surface area (TPSA) is 157 Å². The fourth-order valence-electron chi connectivity index (χ4n) is 8.09. The van der Waals surface area contributed by atoms with Crippen LogP contribution in [-0.2, 0) is 20.7 Å². The van der Waals surface area contributed by atoms with Gasteiger partial charge in [-0.15, -0.1) is 11.8 Å². The summed E-state index contributed by atoms with van der Waals surface area (Å²) in [4.78, 5) is 29.9. The average molecular weight is 623 g/mol. The summed E-state index contributed by atoms with van der Waals surface area (Å²) in [5.74, 6) is 0.902. The van der Waals surface area contributed by atoms with Crippen molar-refractivity contribution in [2.24, 2.45) is 5.73 Å². The van der Waals surface area contributed by atoms with Crippen molar-refractivity contribution < 1.29 is 38.4 Å². The first-order chi connectivity index (χ1) is 21.0. The third kappa shape index (κ3) is 3.87. The molecule has 12 nitrogen and oxygen atoms in total. The van der Waals surface area contributed by atoms with Crippen molar-refractivity contribution in [3.63, 3.8) is 0 Å². The second kappa shape index (κ2) is 10.2. The Morgan fingerprint density at radius 3 is 2.66 bits per heavy atom. The molecular formula is C31H34N4O8S. The molecule has 44 heavy (non-hydrogen) atoms. The van der Waals surface area contributed by atoms with E-state index < -0.39 is 46.9 Å². The van der Waals surface area contributed by atoms with Crippen LogP contribution in [0.4, 0.5) is 0 Å². The van der Waals surface area contributed by atoms with Crippen LogP contribution >= 0.6 is 11.8 Å². The van der Waals surface area contributed by atoms with Crippen molar-refractivity contribution in [3.8, 4) is 34.8 Å². The molecule has 7 atom stereocenters. The largest absolute Gasteiger partial charge is 0.504 e. The fourth-order valence-corrected chi connectivity index (χ4v) is 9.52. The molecule has 0 amide bonds. The normalized spacial score (nSPS) is 31.6. The molecule has 0 saturated carbocycles. The van der Waals surface area contributed by atoms with E-state index in [1.54, 1.807) is 0 Å². The molecule has 0 aliphatic carbocycles. The quantitative estimate of drug-likeness (QED) is 0.372. The molecule has 13 heteroatoms. The Labute approximate surface area is 258 Å². The number of nitrogens with two attached hydrogens (primary N) is 1. The van der Waals surface area contributed by atoms with Crippen LogP contribution in [0.25, 0.3) is 0 Å². The van der Waals surface area contributed by atoms with Crippen molar-refractivity contribution >= 4 is 23.7 Å². The Balaban J connectivity index is 1.59. The van der Waals surface area contributed by atoms with E-state index in [0.29, 0.717) is 52.7 Å². The number of carbonyl (C=O) groups excluding carboxylic acids is 2.